The molecule has 0 saturated heterocycles. The Bertz CT molecular complexity index is 456. The van der Waals surface area contributed by atoms with E-state index >= 15 is 0 Å². The SMILES string of the molecule is O=C(CCc1ccccc1Cl)NC1(CO)CCCCC1. The molecule has 2 rings (SSSR count). The molecule has 0 bridgehead atoms. The summed E-state index contributed by atoms with van der Waals surface area (Å²) < 4.78 is 0. The third-order valence-electron chi connectivity index (χ3n) is 4.10. The van der Waals surface area contributed by atoms with Crippen molar-refractivity contribution in [2.45, 2.75) is 50.5 Å². The first-order valence-electron chi connectivity index (χ1n) is 7.30. The number of carbonyl (C=O) groups excluding carboxylic acids is 1. The average Bonchev–Trinajstić information content (AvgIpc) is 2.47. The van der Waals surface area contributed by atoms with Crippen molar-refractivity contribution in [3.63, 3.8) is 0 Å². The summed E-state index contributed by atoms with van der Waals surface area (Å²) in [4.78, 5) is 12.1. The molecular weight excluding hydrogens is 274 g/mol. The lowest BCUT2D eigenvalue weighted by molar-refractivity contribution is -0.124. The normalized spacial score (nSPS) is 17.7. The maximum Gasteiger partial charge on any atom is 0.220 e. The molecule has 4 heteroatoms. The fourth-order valence-electron chi connectivity index (χ4n) is 2.86. The molecule has 0 atom stereocenters. The molecular formula is C16H22ClNO2. The molecule has 2 N–H and O–H groups in total. The van der Waals surface area contributed by atoms with E-state index in [1.165, 1.54) is 6.42 Å². The number of benzene rings is 1. The van der Waals surface area contributed by atoms with E-state index < -0.39 is 5.54 Å². The molecule has 0 aliphatic heterocycles. The van der Waals surface area contributed by atoms with Crippen LogP contribution in [0.2, 0.25) is 5.02 Å². The molecule has 0 radical (unpaired) electrons. The lowest BCUT2D eigenvalue weighted by Gasteiger charge is -2.36. The molecule has 0 unspecified atom stereocenters. The van der Waals surface area contributed by atoms with Gasteiger partial charge in [0.15, 0.2) is 0 Å². The van der Waals surface area contributed by atoms with Crippen LogP contribution in [0.4, 0.5) is 0 Å². The molecule has 0 heterocycles. The van der Waals surface area contributed by atoms with Gasteiger partial charge in [-0.05, 0) is 30.9 Å². The maximum atomic E-state index is 12.1. The molecule has 1 saturated carbocycles. The van der Waals surface area contributed by atoms with Crippen LogP contribution in [-0.4, -0.2) is 23.2 Å². The summed E-state index contributed by atoms with van der Waals surface area (Å²) in [6.45, 7) is 0.0326. The fraction of sp³-hybridized carbons (Fsp3) is 0.562. The highest BCUT2D eigenvalue weighted by Gasteiger charge is 2.32. The summed E-state index contributed by atoms with van der Waals surface area (Å²) in [5.41, 5.74) is 0.599. The topological polar surface area (TPSA) is 49.3 Å². The molecule has 1 aliphatic carbocycles. The first kappa shape index (κ1) is 15.3. The van der Waals surface area contributed by atoms with Gasteiger partial charge in [-0.25, -0.2) is 0 Å². The van der Waals surface area contributed by atoms with Crippen molar-refractivity contribution in [3.8, 4) is 0 Å². The summed E-state index contributed by atoms with van der Waals surface area (Å²) in [6, 6.07) is 7.59. The van der Waals surface area contributed by atoms with Gasteiger partial charge < -0.3 is 10.4 Å². The number of rotatable bonds is 5. The Labute approximate surface area is 125 Å². The Morgan fingerprint density at radius 3 is 2.60 bits per heavy atom. The van der Waals surface area contributed by atoms with Gasteiger partial charge >= 0.3 is 0 Å². The van der Waals surface area contributed by atoms with Gasteiger partial charge in [0.05, 0.1) is 12.1 Å². The minimum Gasteiger partial charge on any atom is -0.394 e. The van der Waals surface area contributed by atoms with Crippen LogP contribution in [0.1, 0.15) is 44.1 Å². The molecule has 1 fully saturated rings. The largest absolute Gasteiger partial charge is 0.394 e. The zero-order valence-corrected chi connectivity index (χ0v) is 12.5. The van der Waals surface area contributed by atoms with E-state index in [0.29, 0.717) is 17.9 Å². The predicted octanol–water partition coefficient (Wildman–Crippen LogP) is 3.08. The quantitative estimate of drug-likeness (QED) is 0.877. The van der Waals surface area contributed by atoms with Crippen LogP contribution in [0, 0.1) is 0 Å². The Balaban J connectivity index is 1.87. The number of amides is 1. The van der Waals surface area contributed by atoms with Crippen molar-refractivity contribution in [2.24, 2.45) is 0 Å². The van der Waals surface area contributed by atoms with Crippen LogP contribution in [0.25, 0.3) is 0 Å². The molecule has 3 nitrogen and oxygen atoms in total. The lowest BCUT2D eigenvalue weighted by atomic mass is 9.82. The fourth-order valence-corrected chi connectivity index (χ4v) is 3.09. The summed E-state index contributed by atoms with van der Waals surface area (Å²) in [5.74, 6) is 0.000805. The summed E-state index contributed by atoms with van der Waals surface area (Å²) >= 11 is 6.08. The first-order valence-corrected chi connectivity index (χ1v) is 7.68. The summed E-state index contributed by atoms with van der Waals surface area (Å²) in [6.07, 6.45) is 6.13. The van der Waals surface area contributed by atoms with E-state index in [4.69, 9.17) is 11.6 Å². The van der Waals surface area contributed by atoms with Crippen LogP contribution in [-0.2, 0) is 11.2 Å². The highest BCUT2D eigenvalue weighted by Crippen LogP contribution is 2.28. The zero-order chi connectivity index (χ0) is 14.4. The van der Waals surface area contributed by atoms with Gasteiger partial charge in [0.2, 0.25) is 5.91 Å². The van der Waals surface area contributed by atoms with Crippen molar-refractivity contribution in [1.82, 2.24) is 5.32 Å². The van der Waals surface area contributed by atoms with E-state index in [9.17, 15) is 9.90 Å². The smallest absolute Gasteiger partial charge is 0.220 e. The number of aliphatic hydroxyl groups is 1. The van der Waals surface area contributed by atoms with Gasteiger partial charge in [0.25, 0.3) is 0 Å². The highest BCUT2D eigenvalue weighted by atomic mass is 35.5. The third-order valence-corrected chi connectivity index (χ3v) is 4.47. The van der Waals surface area contributed by atoms with Crippen LogP contribution < -0.4 is 5.32 Å². The van der Waals surface area contributed by atoms with E-state index in [-0.39, 0.29) is 12.5 Å². The van der Waals surface area contributed by atoms with Crippen LogP contribution >= 0.6 is 11.6 Å². The lowest BCUT2D eigenvalue weighted by Crippen LogP contribution is -2.52. The van der Waals surface area contributed by atoms with Crippen LogP contribution in [0.3, 0.4) is 0 Å². The standard InChI is InChI=1S/C16H22ClNO2/c17-14-7-3-2-6-13(14)8-9-15(20)18-16(12-19)10-4-1-5-11-16/h2-3,6-7,19H,1,4-5,8-12H2,(H,18,20). The Morgan fingerprint density at radius 1 is 1.25 bits per heavy atom. The van der Waals surface area contributed by atoms with Crippen molar-refractivity contribution in [2.75, 3.05) is 6.61 Å². The zero-order valence-electron chi connectivity index (χ0n) is 11.7. The number of aryl methyl sites for hydroxylation is 1. The number of nitrogens with one attached hydrogen (secondary N) is 1. The Kier molecular flexibility index (Phi) is 5.44. The summed E-state index contributed by atoms with van der Waals surface area (Å²) in [7, 11) is 0. The van der Waals surface area contributed by atoms with Gasteiger partial charge in [-0.3, -0.25) is 4.79 Å². The van der Waals surface area contributed by atoms with Crippen molar-refractivity contribution < 1.29 is 9.90 Å². The number of carbonyl (C=O) groups is 1. The number of halogens is 1. The molecule has 1 aliphatic rings. The molecule has 20 heavy (non-hydrogen) atoms. The van der Waals surface area contributed by atoms with Gasteiger partial charge in [0, 0.05) is 11.4 Å². The average molecular weight is 296 g/mol. The molecule has 1 amide bonds. The first-order chi connectivity index (χ1) is 9.65. The second-order valence-electron chi connectivity index (χ2n) is 5.64. The van der Waals surface area contributed by atoms with Gasteiger partial charge in [-0.15, -0.1) is 0 Å². The van der Waals surface area contributed by atoms with Crippen molar-refractivity contribution in [1.29, 1.82) is 0 Å². The Morgan fingerprint density at radius 2 is 1.95 bits per heavy atom. The van der Waals surface area contributed by atoms with E-state index in [2.05, 4.69) is 5.32 Å². The summed E-state index contributed by atoms with van der Waals surface area (Å²) in [5, 5.41) is 13.3. The predicted molar refractivity (Wildman–Crippen MR) is 80.8 cm³/mol. The van der Waals surface area contributed by atoms with Crippen LogP contribution in [0.5, 0.6) is 0 Å². The Hall–Kier alpha value is -1.06. The molecule has 1 aromatic carbocycles. The highest BCUT2D eigenvalue weighted by molar-refractivity contribution is 6.31. The van der Waals surface area contributed by atoms with Gasteiger partial charge in [0.1, 0.15) is 0 Å². The molecule has 0 aromatic heterocycles. The van der Waals surface area contributed by atoms with Crippen molar-refractivity contribution >= 4 is 17.5 Å². The molecule has 1 aromatic rings. The molecule has 110 valence electrons. The minimum atomic E-state index is -0.393. The van der Waals surface area contributed by atoms with Gasteiger partial charge in [-0.2, -0.15) is 0 Å². The number of hydrogen-bond acceptors (Lipinski definition) is 2. The number of aliphatic hydroxyl groups excluding tert-OH is 1. The number of hydrogen-bond donors (Lipinski definition) is 2. The van der Waals surface area contributed by atoms with E-state index in [0.717, 1.165) is 31.2 Å². The second-order valence-corrected chi connectivity index (χ2v) is 6.05. The molecule has 0 spiro atoms. The monoisotopic (exact) mass is 295 g/mol. The van der Waals surface area contributed by atoms with Crippen LogP contribution in [0.15, 0.2) is 24.3 Å². The van der Waals surface area contributed by atoms with Gasteiger partial charge in [-0.1, -0.05) is 49.1 Å². The minimum absolute atomic E-state index is 0.000805. The van der Waals surface area contributed by atoms with Crippen molar-refractivity contribution in [3.05, 3.63) is 34.9 Å². The maximum absolute atomic E-state index is 12.1. The van der Waals surface area contributed by atoms with E-state index in [1.54, 1.807) is 0 Å². The van der Waals surface area contributed by atoms with E-state index in [1.807, 2.05) is 24.3 Å². The third kappa shape index (κ3) is 3.97. The second kappa shape index (κ2) is 7.09.